The number of ether oxygens (including phenoxy) is 1. The molecule has 3 aromatic rings. The summed E-state index contributed by atoms with van der Waals surface area (Å²) in [7, 11) is 0. The highest BCUT2D eigenvalue weighted by molar-refractivity contribution is 9.10. The van der Waals surface area contributed by atoms with Gasteiger partial charge in [0.25, 0.3) is 5.56 Å². The molecule has 1 N–H and O–H groups in total. The summed E-state index contributed by atoms with van der Waals surface area (Å²) >= 11 is 3.22. The zero-order chi connectivity index (χ0) is 24.6. The van der Waals surface area contributed by atoms with E-state index in [0.717, 1.165) is 23.8 Å². The molecular weight excluding hydrogens is 501 g/mol. The van der Waals surface area contributed by atoms with Crippen LogP contribution in [0.1, 0.15) is 56.0 Å². The Bertz CT molecular complexity index is 1290. The average molecular weight is 530 g/mol. The van der Waals surface area contributed by atoms with Crippen LogP contribution >= 0.6 is 15.9 Å². The van der Waals surface area contributed by atoms with Crippen LogP contribution in [0.2, 0.25) is 0 Å². The molecule has 3 atom stereocenters. The first kappa shape index (κ1) is 24.5. The molecule has 4 rings (SSSR count). The van der Waals surface area contributed by atoms with Gasteiger partial charge in [-0.2, -0.15) is 0 Å². The highest BCUT2D eigenvalue weighted by Crippen LogP contribution is 2.37. The monoisotopic (exact) mass is 529 g/mol. The number of hydrogen-bond acceptors (Lipinski definition) is 4. The molecule has 1 aliphatic carbocycles. The summed E-state index contributed by atoms with van der Waals surface area (Å²) in [6.45, 7) is 6.18. The van der Waals surface area contributed by atoms with E-state index < -0.39 is 23.2 Å². The first-order valence-corrected chi connectivity index (χ1v) is 12.5. The maximum Gasteiger partial charge on any atom is 0.344 e. The Morgan fingerprint density at radius 2 is 1.91 bits per heavy atom. The Morgan fingerprint density at radius 3 is 2.59 bits per heavy atom. The fraction of sp³-hybridized carbons (Fsp3) is 0.407. The summed E-state index contributed by atoms with van der Waals surface area (Å²) < 4.78 is 22.1. The van der Waals surface area contributed by atoms with Crippen molar-refractivity contribution in [2.75, 3.05) is 0 Å². The Hall–Kier alpha value is -2.67. The molecule has 0 amide bonds. The molecule has 0 bridgehead atoms. The van der Waals surface area contributed by atoms with Crippen LogP contribution in [-0.4, -0.2) is 21.7 Å². The number of benzene rings is 2. The summed E-state index contributed by atoms with van der Waals surface area (Å²) in [5.74, 6) is -0.674. The predicted octanol–water partition coefficient (Wildman–Crippen LogP) is 6.27. The third-order valence-electron chi connectivity index (χ3n) is 6.92. The molecule has 2 aromatic carbocycles. The zero-order valence-corrected chi connectivity index (χ0v) is 21.1. The number of pyridine rings is 1. The summed E-state index contributed by atoms with van der Waals surface area (Å²) in [5.41, 5.74) is -0.344. The van der Waals surface area contributed by atoms with Gasteiger partial charge in [0.05, 0.1) is 6.54 Å². The molecule has 5 nitrogen and oxygen atoms in total. The number of halogens is 2. The van der Waals surface area contributed by atoms with E-state index in [1.54, 1.807) is 30.3 Å². The van der Waals surface area contributed by atoms with Crippen molar-refractivity contribution in [1.82, 2.24) is 4.57 Å². The second-order valence-electron chi connectivity index (χ2n) is 9.64. The van der Waals surface area contributed by atoms with E-state index in [9.17, 15) is 19.1 Å². The molecule has 0 saturated heterocycles. The van der Waals surface area contributed by atoms with Gasteiger partial charge in [-0.25, -0.2) is 9.18 Å². The van der Waals surface area contributed by atoms with Gasteiger partial charge in [-0.1, -0.05) is 67.4 Å². The first-order valence-electron chi connectivity index (χ1n) is 11.7. The number of rotatable bonds is 5. The zero-order valence-electron chi connectivity index (χ0n) is 19.6. The lowest BCUT2D eigenvalue weighted by Gasteiger charge is -2.36. The van der Waals surface area contributed by atoms with E-state index in [4.69, 9.17) is 4.74 Å². The third kappa shape index (κ3) is 4.76. The molecular formula is C27H29BrFNO4. The summed E-state index contributed by atoms with van der Waals surface area (Å²) in [5, 5.41) is 11.7. The number of hydrogen-bond donors (Lipinski definition) is 1. The Labute approximate surface area is 206 Å². The lowest BCUT2D eigenvalue weighted by atomic mass is 9.75. The van der Waals surface area contributed by atoms with Crippen molar-refractivity contribution >= 4 is 32.7 Å². The lowest BCUT2D eigenvalue weighted by molar-refractivity contribution is -0.0175. The molecule has 1 fully saturated rings. The molecule has 0 radical (unpaired) electrons. The highest BCUT2D eigenvalue weighted by atomic mass is 79.9. The quantitative estimate of drug-likeness (QED) is 0.395. The number of esters is 1. The predicted molar refractivity (Wildman–Crippen MR) is 134 cm³/mol. The maximum atomic E-state index is 14.5. The van der Waals surface area contributed by atoms with Crippen molar-refractivity contribution < 1.29 is 19.0 Å². The number of aromatic nitrogens is 1. The third-order valence-corrected chi connectivity index (χ3v) is 7.41. The maximum absolute atomic E-state index is 14.5. The minimum absolute atomic E-state index is 0.0616. The normalized spacial score (nSPS) is 20.6. The van der Waals surface area contributed by atoms with Crippen LogP contribution in [0.4, 0.5) is 4.39 Å². The van der Waals surface area contributed by atoms with Gasteiger partial charge >= 0.3 is 5.97 Å². The van der Waals surface area contributed by atoms with Gasteiger partial charge in [0.2, 0.25) is 5.88 Å². The molecule has 0 aliphatic heterocycles. The van der Waals surface area contributed by atoms with Crippen LogP contribution in [0.3, 0.4) is 0 Å². The van der Waals surface area contributed by atoms with E-state index in [0.29, 0.717) is 21.7 Å². The van der Waals surface area contributed by atoms with Gasteiger partial charge in [0, 0.05) is 20.8 Å². The van der Waals surface area contributed by atoms with Crippen molar-refractivity contribution in [3.63, 3.8) is 0 Å². The van der Waals surface area contributed by atoms with E-state index in [1.165, 1.54) is 12.1 Å². The van der Waals surface area contributed by atoms with Crippen molar-refractivity contribution in [3.05, 3.63) is 74.2 Å². The highest BCUT2D eigenvalue weighted by Gasteiger charge is 2.35. The van der Waals surface area contributed by atoms with Crippen LogP contribution in [0.5, 0.6) is 5.88 Å². The SMILES string of the molecule is CC1CCC(C(C)C)C(OC(=O)c2c(O)n(Cc3ccc(Br)cc3F)c(=O)c3ccccc23)C1. The fourth-order valence-electron chi connectivity index (χ4n) is 5.00. The molecule has 3 unspecified atom stereocenters. The van der Waals surface area contributed by atoms with Crippen LogP contribution in [0, 0.1) is 23.6 Å². The second kappa shape index (κ2) is 9.90. The number of carbonyl (C=O) groups excluding carboxylic acids is 1. The Kier molecular flexibility index (Phi) is 7.12. The van der Waals surface area contributed by atoms with Crippen LogP contribution < -0.4 is 5.56 Å². The Balaban J connectivity index is 1.79. The van der Waals surface area contributed by atoms with Crippen molar-refractivity contribution in [1.29, 1.82) is 0 Å². The van der Waals surface area contributed by atoms with E-state index in [2.05, 4.69) is 36.7 Å². The number of fused-ring (bicyclic) bond motifs is 1. The molecule has 1 aromatic heterocycles. The number of aromatic hydroxyl groups is 1. The molecule has 34 heavy (non-hydrogen) atoms. The van der Waals surface area contributed by atoms with Crippen molar-refractivity contribution in [3.8, 4) is 5.88 Å². The van der Waals surface area contributed by atoms with Crippen LogP contribution in [0.25, 0.3) is 10.8 Å². The summed E-state index contributed by atoms with van der Waals surface area (Å²) in [6.07, 6.45) is 2.57. The summed E-state index contributed by atoms with van der Waals surface area (Å²) in [4.78, 5) is 26.7. The molecule has 7 heteroatoms. The van der Waals surface area contributed by atoms with Crippen molar-refractivity contribution in [2.45, 2.75) is 52.7 Å². The molecule has 1 aliphatic rings. The minimum Gasteiger partial charge on any atom is -0.494 e. The number of carbonyl (C=O) groups is 1. The minimum atomic E-state index is -0.663. The van der Waals surface area contributed by atoms with Crippen molar-refractivity contribution in [2.24, 2.45) is 17.8 Å². The first-order chi connectivity index (χ1) is 16.2. The number of nitrogens with zero attached hydrogens (tertiary/aromatic N) is 1. The van der Waals surface area contributed by atoms with Gasteiger partial charge < -0.3 is 9.84 Å². The topological polar surface area (TPSA) is 68.5 Å². The fourth-order valence-corrected chi connectivity index (χ4v) is 5.33. The van der Waals surface area contributed by atoms with Crippen LogP contribution in [-0.2, 0) is 11.3 Å². The average Bonchev–Trinajstić information content (AvgIpc) is 2.78. The largest absolute Gasteiger partial charge is 0.494 e. The van der Waals surface area contributed by atoms with E-state index in [-0.39, 0.29) is 35.1 Å². The molecule has 1 saturated carbocycles. The van der Waals surface area contributed by atoms with Gasteiger partial charge in [-0.15, -0.1) is 0 Å². The van der Waals surface area contributed by atoms with Gasteiger partial charge in [-0.3, -0.25) is 9.36 Å². The standard InChI is InChI=1S/C27H29BrFNO4/c1-15(2)19-11-8-16(3)12-23(19)34-27(33)24-20-6-4-5-7-21(20)25(31)30(26(24)32)14-17-9-10-18(28)13-22(17)29/h4-7,9-10,13,15-16,19,23,32H,8,11-12,14H2,1-3H3. The van der Waals surface area contributed by atoms with E-state index in [1.807, 2.05) is 0 Å². The van der Waals surface area contributed by atoms with Gasteiger partial charge in [0.15, 0.2) is 0 Å². The van der Waals surface area contributed by atoms with Gasteiger partial charge in [0.1, 0.15) is 17.5 Å². The summed E-state index contributed by atoms with van der Waals surface area (Å²) in [6, 6.07) is 11.1. The molecule has 0 spiro atoms. The lowest BCUT2D eigenvalue weighted by Crippen LogP contribution is -2.36. The Morgan fingerprint density at radius 1 is 1.21 bits per heavy atom. The smallest absolute Gasteiger partial charge is 0.344 e. The second-order valence-corrected chi connectivity index (χ2v) is 10.6. The molecule has 1 heterocycles. The van der Waals surface area contributed by atoms with Gasteiger partial charge in [-0.05, 0) is 48.8 Å². The van der Waals surface area contributed by atoms with Crippen LogP contribution in [0.15, 0.2) is 51.7 Å². The van der Waals surface area contributed by atoms with E-state index >= 15 is 0 Å². The molecule has 180 valence electrons.